The number of unbranched alkanes of at least 4 members (excludes halogenated alkanes) is 16. The summed E-state index contributed by atoms with van der Waals surface area (Å²) >= 11 is 0. The van der Waals surface area contributed by atoms with Gasteiger partial charge in [-0.2, -0.15) is 0 Å². The van der Waals surface area contributed by atoms with Gasteiger partial charge in [0.25, 0.3) is 0 Å². The third-order valence-corrected chi connectivity index (χ3v) is 10.6. The van der Waals surface area contributed by atoms with Gasteiger partial charge in [0.1, 0.15) is 13.2 Å². The van der Waals surface area contributed by atoms with E-state index < -0.39 is 0 Å². The van der Waals surface area contributed by atoms with E-state index in [9.17, 15) is 14.4 Å². The van der Waals surface area contributed by atoms with Gasteiger partial charge in [-0.1, -0.05) is 186 Å². The smallest absolute Gasteiger partial charge is 0.308 e. The lowest BCUT2D eigenvalue weighted by Gasteiger charge is -2.25. The number of carbonyl (C=O) groups excluding carboxylic acids is 3. The average molecular weight is 743 g/mol. The van der Waals surface area contributed by atoms with E-state index in [4.69, 9.17) is 15.2 Å². The number of hydrogen-bond acceptors (Lipinski definition) is 6. The normalized spacial score (nSPS) is 13.0. The lowest BCUT2D eigenvalue weighted by molar-refractivity contribution is -0.152. The molecule has 0 aromatic heterocycles. The number of benzene rings is 1. The first-order valence-electron chi connectivity index (χ1n) is 22.3. The minimum absolute atomic E-state index is 0.0941. The Balaban J connectivity index is 2.85. The van der Waals surface area contributed by atoms with Gasteiger partial charge in [0.15, 0.2) is 0 Å². The Labute approximate surface area is 326 Å². The van der Waals surface area contributed by atoms with E-state index >= 15 is 0 Å². The molecular weight excluding hydrogens is 661 g/mol. The van der Waals surface area contributed by atoms with E-state index in [-0.39, 0.29) is 68.4 Å². The quantitative estimate of drug-likeness (QED) is 0.0543. The molecule has 1 amide bonds. The Morgan fingerprint density at radius 1 is 0.547 bits per heavy atom. The largest absolute Gasteiger partial charge is 0.464 e. The molecule has 0 saturated heterocycles. The Morgan fingerprint density at radius 2 is 0.906 bits per heavy atom. The van der Waals surface area contributed by atoms with Crippen molar-refractivity contribution in [2.75, 3.05) is 26.3 Å². The van der Waals surface area contributed by atoms with Crippen LogP contribution in [0.15, 0.2) is 30.3 Å². The first-order chi connectivity index (χ1) is 25.9. The van der Waals surface area contributed by atoms with Crippen molar-refractivity contribution in [2.45, 2.75) is 201 Å². The highest BCUT2D eigenvalue weighted by Crippen LogP contribution is 2.22. The predicted molar refractivity (Wildman–Crippen MR) is 222 cm³/mol. The molecule has 2 N–H and O–H groups in total. The highest BCUT2D eigenvalue weighted by molar-refractivity contribution is 5.77. The van der Waals surface area contributed by atoms with Crippen LogP contribution in [-0.4, -0.2) is 55.1 Å². The van der Waals surface area contributed by atoms with Gasteiger partial charge < -0.3 is 20.1 Å². The third kappa shape index (κ3) is 26.1. The number of nitrogens with zero attached hydrogens (tertiary/aromatic N) is 1. The van der Waals surface area contributed by atoms with Crippen LogP contribution in [0.1, 0.15) is 194 Å². The highest BCUT2D eigenvalue weighted by Gasteiger charge is 2.23. The van der Waals surface area contributed by atoms with Crippen LogP contribution in [0.3, 0.4) is 0 Å². The number of carbonyl (C=O) groups is 3. The fraction of sp³-hybridized carbons (Fsp3) is 0.804. The molecule has 1 aromatic rings. The number of amides is 1. The number of rotatable bonds is 36. The van der Waals surface area contributed by atoms with Gasteiger partial charge in [0.05, 0.1) is 24.9 Å². The van der Waals surface area contributed by atoms with E-state index in [1.165, 1.54) is 77.0 Å². The van der Waals surface area contributed by atoms with Gasteiger partial charge >= 0.3 is 11.9 Å². The van der Waals surface area contributed by atoms with Crippen LogP contribution >= 0.6 is 0 Å². The number of nitrogens with two attached hydrogens (primary N) is 1. The minimum atomic E-state index is -0.341. The van der Waals surface area contributed by atoms with E-state index in [0.717, 1.165) is 82.6 Å². The molecule has 0 spiro atoms. The second-order valence-electron chi connectivity index (χ2n) is 15.6. The molecular formula is C46H82N2O5. The van der Waals surface area contributed by atoms with E-state index in [1.807, 2.05) is 30.3 Å². The zero-order chi connectivity index (χ0) is 38.8. The van der Waals surface area contributed by atoms with E-state index in [1.54, 1.807) is 4.90 Å². The van der Waals surface area contributed by atoms with Gasteiger partial charge in [-0.15, -0.1) is 0 Å². The Kier molecular flexibility index (Phi) is 31.3. The third-order valence-electron chi connectivity index (χ3n) is 10.6. The standard InChI is InChI=1S/C46H82N2O5/c1-5-9-13-17-19-26-32-41(30-24-15-11-7-3)45(50)52-36-34-48(44(49)39-43(47)38-40-28-22-21-23-29-40)35-37-53-46(51)42(31-25-16-12-8-4)33-27-20-18-14-10-6-2/h21-23,28-29,41-43H,5-20,24-27,30-39,47H2,1-4H3. The van der Waals surface area contributed by atoms with Crippen molar-refractivity contribution >= 4 is 17.8 Å². The van der Waals surface area contributed by atoms with Crippen LogP contribution in [0.4, 0.5) is 0 Å². The first-order valence-corrected chi connectivity index (χ1v) is 22.3. The van der Waals surface area contributed by atoms with Crippen molar-refractivity contribution in [3.63, 3.8) is 0 Å². The Morgan fingerprint density at radius 3 is 1.30 bits per heavy atom. The maximum atomic E-state index is 13.6. The van der Waals surface area contributed by atoms with Crippen LogP contribution < -0.4 is 5.73 Å². The lowest BCUT2D eigenvalue weighted by Crippen LogP contribution is -2.41. The fourth-order valence-electron chi connectivity index (χ4n) is 7.19. The lowest BCUT2D eigenvalue weighted by atomic mass is 9.94. The summed E-state index contributed by atoms with van der Waals surface area (Å²) in [4.78, 5) is 42.0. The molecule has 7 heteroatoms. The fourth-order valence-corrected chi connectivity index (χ4v) is 7.19. The molecule has 0 fully saturated rings. The molecule has 0 aliphatic carbocycles. The number of hydrogen-bond donors (Lipinski definition) is 1. The van der Waals surface area contributed by atoms with Gasteiger partial charge in [-0.3, -0.25) is 14.4 Å². The summed E-state index contributed by atoms with van der Waals surface area (Å²) in [6.45, 7) is 9.65. The molecule has 0 radical (unpaired) electrons. The summed E-state index contributed by atoms with van der Waals surface area (Å²) in [6.07, 6.45) is 27.6. The molecule has 1 rings (SSSR count). The van der Waals surface area contributed by atoms with Crippen molar-refractivity contribution in [1.29, 1.82) is 0 Å². The summed E-state index contributed by atoms with van der Waals surface area (Å²) in [6, 6.07) is 9.63. The van der Waals surface area contributed by atoms with Crippen LogP contribution in [0.2, 0.25) is 0 Å². The molecule has 0 aliphatic rings. The summed E-state index contributed by atoms with van der Waals surface area (Å²) in [7, 11) is 0. The summed E-state index contributed by atoms with van der Waals surface area (Å²) in [5, 5.41) is 0. The molecule has 3 unspecified atom stereocenters. The first kappa shape index (κ1) is 48.6. The summed E-state index contributed by atoms with van der Waals surface area (Å²) in [5.74, 6) is -0.580. The van der Waals surface area contributed by atoms with Crippen LogP contribution in [-0.2, 0) is 30.3 Å². The monoisotopic (exact) mass is 743 g/mol. The van der Waals surface area contributed by atoms with Gasteiger partial charge in [0, 0.05) is 12.5 Å². The summed E-state index contributed by atoms with van der Waals surface area (Å²) < 4.78 is 11.8. The minimum Gasteiger partial charge on any atom is -0.464 e. The maximum absolute atomic E-state index is 13.6. The molecule has 7 nitrogen and oxygen atoms in total. The van der Waals surface area contributed by atoms with E-state index in [0.29, 0.717) is 6.42 Å². The SMILES string of the molecule is CCCCCCCCC(CCCCCC)C(=O)OCCN(CCOC(=O)C(CCCCCC)CCCCCCCC)C(=O)CC(N)Cc1ccccc1. The molecule has 0 heterocycles. The van der Waals surface area contributed by atoms with Gasteiger partial charge in [-0.25, -0.2) is 0 Å². The van der Waals surface area contributed by atoms with Crippen molar-refractivity contribution < 1.29 is 23.9 Å². The number of ether oxygens (including phenoxy) is 2. The van der Waals surface area contributed by atoms with E-state index in [2.05, 4.69) is 27.7 Å². The summed E-state index contributed by atoms with van der Waals surface area (Å²) in [5.41, 5.74) is 7.56. The Bertz CT molecular complexity index is 968. The zero-order valence-electron chi connectivity index (χ0n) is 34.9. The maximum Gasteiger partial charge on any atom is 0.308 e. The molecule has 0 bridgehead atoms. The second kappa shape index (κ2) is 34.1. The zero-order valence-corrected chi connectivity index (χ0v) is 34.9. The van der Waals surface area contributed by atoms with Crippen molar-refractivity contribution in [3.8, 4) is 0 Å². The Hall–Kier alpha value is -2.41. The van der Waals surface area contributed by atoms with Crippen LogP contribution in [0.5, 0.6) is 0 Å². The van der Waals surface area contributed by atoms with Crippen molar-refractivity contribution in [1.82, 2.24) is 4.90 Å². The highest BCUT2D eigenvalue weighted by atomic mass is 16.5. The molecule has 0 saturated carbocycles. The predicted octanol–water partition coefficient (Wildman–Crippen LogP) is 11.5. The molecule has 306 valence electrons. The molecule has 3 atom stereocenters. The van der Waals surface area contributed by atoms with Crippen LogP contribution in [0, 0.1) is 11.8 Å². The molecule has 1 aromatic carbocycles. The topological polar surface area (TPSA) is 98.9 Å². The van der Waals surface area contributed by atoms with Gasteiger partial charge in [-0.05, 0) is 37.7 Å². The average Bonchev–Trinajstić information content (AvgIpc) is 3.15. The van der Waals surface area contributed by atoms with Gasteiger partial charge in [0.2, 0.25) is 5.91 Å². The second-order valence-corrected chi connectivity index (χ2v) is 15.6. The van der Waals surface area contributed by atoms with Crippen molar-refractivity contribution in [2.24, 2.45) is 17.6 Å². The molecule has 0 aliphatic heterocycles. The molecule has 53 heavy (non-hydrogen) atoms. The van der Waals surface area contributed by atoms with Crippen LogP contribution in [0.25, 0.3) is 0 Å². The van der Waals surface area contributed by atoms with Crippen molar-refractivity contribution in [3.05, 3.63) is 35.9 Å². The number of esters is 2.